The van der Waals surface area contributed by atoms with Crippen molar-refractivity contribution in [1.29, 1.82) is 0 Å². The average Bonchev–Trinajstić information content (AvgIpc) is 2.53. The van der Waals surface area contributed by atoms with Gasteiger partial charge in [-0.15, -0.1) is 0 Å². The van der Waals surface area contributed by atoms with Gasteiger partial charge in [0.1, 0.15) is 0 Å². The van der Waals surface area contributed by atoms with Gasteiger partial charge >= 0.3 is 0 Å². The van der Waals surface area contributed by atoms with Crippen molar-refractivity contribution in [2.24, 2.45) is 0 Å². The molecule has 0 saturated heterocycles. The summed E-state index contributed by atoms with van der Waals surface area (Å²) in [5, 5.41) is 3.33. The number of ether oxygens (including phenoxy) is 2. The molecule has 0 aromatic heterocycles. The van der Waals surface area contributed by atoms with Crippen molar-refractivity contribution < 1.29 is 9.47 Å². The van der Waals surface area contributed by atoms with Gasteiger partial charge in [-0.25, -0.2) is 0 Å². The molecule has 0 amide bonds. The van der Waals surface area contributed by atoms with E-state index in [0.29, 0.717) is 23.7 Å². The van der Waals surface area contributed by atoms with E-state index in [-0.39, 0.29) is 0 Å². The molecule has 0 aliphatic rings. The van der Waals surface area contributed by atoms with Gasteiger partial charge in [-0.2, -0.15) is 0 Å². The summed E-state index contributed by atoms with van der Waals surface area (Å²) in [6.07, 6.45) is 1.05. The maximum atomic E-state index is 6.03. The number of benzene rings is 2. The number of hydrogen-bond donors (Lipinski definition) is 2. The fourth-order valence-electron chi connectivity index (χ4n) is 2.14. The molecule has 0 atom stereocenters. The predicted molar refractivity (Wildman–Crippen MR) is 87.1 cm³/mol. The molecule has 112 valence electrons. The number of methoxy groups -OCH3 is 2. The van der Waals surface area contributed by atoms with Gasteiger partial charge in [-0.3, -0.25) is 0 Å². The van der Waals surface area contributed by atoms with E-state index >= 15 is 0 Å². The fraction of sp³-hybridized carbons (Fsp3) is 0.294. The van der Waals surface area contributed by atoms with Crippen LogP contribution in [0.25, 0.3) is 0 Å². The van der Waals surface area contributed by atoms with Crippen molar-refractivity contribution in [2.75, 3.05) is 25.3 Å². The molecule has 2 aromatic carbocycles. The highest BCUT2D eigenvalue weighted by Gasteiger charge is 2.08. The molecule has 0 fully saturated rings. The second-order valence-corrected chi connectivity index (χ2v) is 4.82. The van der Waals surface area contributed by atoms with E-state index in [2.05, 4.69) is 36.5 Å². The Morgan fingerprint density at radius 1 is 0.952 bits per heavy atom. The second kappa shape index (κ2) is 6.88. The topological polar surface area (TPSA) is 56.5 Å². The Kier molecular flexibility index (Phi) is 4.93. The highest BCUT2D eigenvalue weighted by molar-refractivity contribution is 5.72. The van der Waals surface area contributed by atoms with Gasteiger partial charge in [0.15, 0.2) is 11.5 Å². The molecule has 0 aliphatic carbocycles. The van der Waals surface area contributed by atoms with E-state index in [1.165, 1.54) is 11.1 Å². The number of aryl methyl sites for hydroxylation is 1. The van der Waals surface area contributed by atoms with Crippen LogP contribution in [0.4, 0.5) is 11.4 Å². The van der Waals surface area contributed by atoms with E-state index in [1.807, 2.05) is 6.07 Å². The molecule has 0 spiro atoms. The molecule has 2 aromatic rings. The molecule has 0 aliphatic heterocycles. The fourth-order valence-corrected chi connectivity index (χ4v) is 2.14. The highest BCUT2D eigenvalue weighted by atomic mass is 16.5. The smallest absolute Gasteiger partial charge is 0.162 e. The first-order valence-corrected chi connectivity index (χ1v) is 7.01. The number of hydrogen-bond acceptors (Lipinski definition) is 4. The van der Waals surface area contributed by atoms with Gasteiger partial charge in [0, 0.05) is 18.7 Å². The van der Waals surface area contributed by atoms with Crippen LogP contribution in [0.5, 0.6) is 11.5 Å². The monoisotopic (exact) mass is 286 g/mol. The molecule has 0 bridgehead atoms. The lowest BCUT2D eigenvalue weighted by atomic mass is 10.1. The van der Waals surface area contributed by atoms with E-state index < -0.39 is 0 Å². The SMILES string of the molecule is CCc1ccc(CNc2cc(OC)c(OC)cc2N)cc1. The zero-order chi connectivity index (χ0) is 15.2. The number of nitrogens with two attached hydrogens (primary N) is 1. The van der Waals surface area contributed by atoms with Crippen LogP contribution < -0.4 is 20.5 Å². The average molecular weight is 286 g/mol. The minimum absolute atomic E-state index is 0.632. The molecule has 2 rings (SSSR count). The van der Waals surface area contributed by atoms with Crippen LogP contribution in [-0.4, -0.2) is 14.2 Å². The Hall–Kier alpha value is -2.36. The molecule has 0 saturated carbocycles. The van der Waals surface area contributed by atoms with E-state index in [4.69, 9.17) is 15.2 Å². The first kappa shape index (κ1) is 15.0. The van der Waals surface area contributed by atoms with Crippen LogP contribution in [0.2, 0.25) is 0 Å². The lowest BCUT2D eigenvalue weighted by molar-refractivity contribution is 0.355. The van der Waals surface area contributed by atoms with Crippen LogP contribution in [0.3, 0.4) is 0 Å². The molecule has 21 heavy (non-hydrogen) atoms. The summed E-state index contributed by atoms with van der Waals surface area (Å²) in [5.74, 6) is 1.29. The summed E-state index contributed by atoms with van der Waals surface area (Å²) < 4.78 is 10.5. The van der Waals surface area contributed by atoms with E-state index in [9.17, 15) is 0 Å². The van der Waals surface area contributed by atoms with Gasteiger partial charge in [-0.1, -0.05) is 31.2 Å². The quantitative estimate of drug-likeness (QED) is 0.798. The number of rotatable bonds is 6. The normalized spacial score (nSPS) is 10.2. The summed E-state index contributed by atoms with van der Waals surface area (Å²) in [5.41, 5.74) is 10.1. The van der Waals surface area contributed by atoms with Crippen molar-refractivity contribution >= 4 is 11.4 Å². The number of nitrogen functional groups attached to an aromatic ring is 1. The van der Waals surface area contributed by atoms with Crippen LogP contribution in [0.1, 0.15) is 18.1 Å². The summed E-state index contributed by atoms with van der Waals surface area (Å²) in [6.45, 7) is 2.86. The Morgan fingerprint density at radius 2 is 1.52 bits per heavy atom. The molecular weight excluding hydrogens is 264 g/mol. The molecule has 3 N–H and O–H groups in total. The Morgan fingerprint density at radius 3 is 2.10 bits per heavy atom. The zero-order valence-corrected chi connectivity index (χ0v) is 12.8. The van der Waals surface area contributed by atoms with E-state index in [1.54, 1.807) is 20.3 Å². The van der Waals surface area contributed by atoms with Gasteiger partial charge < -0.3 is 20.5 Å². The molecule has 0 heterocycles. The third-order valence-corrected chi connectivity index (χ3v) is 3.47. The Balaban J connectivity index is 2.11. The minimum atomic E-state index is 0.632. The minimum Gasteiger partial charge on any atom is -0.493 e. The summed E-state index contributed by atoms with van der Waals surface area (Å²) in [4.78, 5) is 0. The zero-order valence-electron chi connectivity index (χ0n) is 12.8. The van der Waals surface area contributed by atoms with Gasteiger partial charge in [0.2, 0.25) is 0 Å². The van der Waals surface area contributed by atoms with Gasteiger partial charge in [0.05, 0.1) is 25.6 Å². The second-order valence-electron chi connectivity index (χ2n) is 4.82. The Labute approximate surface area is 125 Å². The number of anilines is 2. The molecular formula is C17H22N2O2. The summed E-state index contributed by atoms with van der Waals surface area (Å²) >= 11 is 0. The van der Waals surface area contributed by atoms with Crippen molar-refractivity contribution in [3.05, 3.63) is 47.5 Å². The van der Waals surface area contributed by atoms with Gasteiger partial charge in [-0.05, 0) is 17.5 Å². The Bertz CT molecular complexity index is 594. The first-order chi connectivity index (χ1) is 10.2. The number of nitrogens with one attached hydrogen (secondary N) is 1. The lowest BCUT2D eigenvalue weighted by Crippen LogP contribution is -2.04. The molecule has 4 nitrogen and oxygen atoms in total. The van der Waals surface area contributed by atoms with Crippen LogP contribution in [0, 0.1) is 0 Å². The largest absolute Gasteiger partial charge is 0.493 e. The molecule has 4 heteroatoms. The maximum Gasteiger partial charge on any atom is 0.162 e. The third-order valence-electron chi connectivity index (χ3n) is 3.47. The summed E-state index contributed by atoms with van der Waals surface area (Å²) in [7, 11) is 3.21. The van der Waals surface area contributed by atoms with Crippen LogP contribution in [0.15, 0.2) is 36.4 Å². The van der Waals surface area contributed by atoms with Crippen molar-refractivity contribution in [3.8, 4) is 11.5 Å². The predicted octanol–water partition coefficient (Wildman–Crippen LogP) is 3.46. The third kappa shape index (κ3) is 3.60. The summed E-state index contributed by atoms with van der Waals surface area (Å²) in [6, 6.07) is 12.2. The van der Waals surface area contributed by atoms with E-state index in [0.717, 1.165) is 12.1 Å². The van der Waals surface area contributed by atoms with Crippen LogP contribution >= 0.6 is 0 Å². The molecule has 0 radical (unpaired) electrons. The molecule has 0 unspecified atom stereocenters. The van der Waals surface area contributed by atoms with Crippen LogP contribution in [-0.2, 0) is 13.0 Å². The lowest BCUT2D eigenvalue weighted by Gasteiger charge is -2.14. The highest BCUT2D eigenvalue weighted by Crippen LogP contribution is 2.34. The standard InChI is InChI=1S/C17H22N2O2/c1-4-12-5-7-13(8-6-12)11-19-15-10-17(21-3)16(20-2)9-14(15)18/h5-10,19H,4,11,18H2,1-3H3. The first-order valence-electron chi connectivity index (χ1n) is 7.01. The van der Waals surface area contributed by atoms with Gasteiger partial charge in [0.25, 0.3) is 0 Å². The van der Waals surface area contributed by atoms with Crippen molar-refractivity contribution in [3.63, 3.8) is 0 Å². The maximum absolute atomic E-state index is 6.03. The van der Waals surface area contributed by atoms with Crippen molar-refractivity contribution in [2.45, 2.75) is 19.9 Å². The van der Waals surface area contributed by atoms with Crippen molar-refractivity contribution in [1.82, 2.24) is 0 Å².